The Labute approximate surface area is 75.3 Å². The first-order valence-corrected chi connectivity index (χ1v) is 4.33. The molecule has 0 saturated heterocycles. The molecule has 0 aromatic carbocycles. The highest BCUT2D eigenvalue weighted by Gasteiger charge is 1.94. The first kappa shape index (κ1) is 10.8. The smallest absolute Gasteiger partial charge is 0.193 e. The standard InChI is InChI=1S/C6H11N5S/c7-3-1-2-4-12-6(10)11-5(8)9/h1-2,4H2,(H5,8,9,10,11). The Balaban J connectivity index is 3.47. The Morgan fingerprint density at radius 3 is 2.75 bits per heavy atom. The van der Waals surface area contributed by atoms with Crippen LogP contribution in [0.15, 0.2) is 4.99 Å². The van der Waals surface area contributed by atoms with Crippen molar-refractivity contribution in [3.8, 4) is 6.07 Å². The molecule has 0 rings (SSSR count). The van der Waals surface area contributed by atoms with Crippen molar-refractivity contribution >= 4 is 22.9 Å². The average molecular weight is 185 g/mol. The maximum Gasteiger partial charge on any atom is 0.193 e. The molecule has 0 saturated carbocycles. The summed E-state index contributed by atoms with van der Waals surface area (Å²) in [6.07, 6.45) is 1.26. The highest BCUT2D eigenvalue weighted by atomic mass is 32.2. The van der Waals surface area contributed by atoms with E-state index in [2.05, 4.69) is 4.99 Å². The van der Waals surface area contributed by atoms with Gasteiger partial charge in [-0.05, 0) is 6.42 Å². The normalized spacial score (nSPS) is 8.58. The van der Waals surface area contributed by atoms with Crippen molar-refractivity contribution in [2.24, 2.45) is 16.5 Å². The minimum absolute atomic E-state index is 0.0907. The van der Waals surface area contributed by atoms with E-state index in [4.69, 9.17) is 22.1 Å². The molecule has 0 aliphatic carbocycles. The van der Waals surface area contributed by atoms with Gasteiger partial charge in [0, 0.05) is 12.2 Å². The Bertz CT molecular complexity index is 212. The third-order valence-corrected chi connectivity index (χ3v) is 1.76. The second kappa shape index (κ2) is 6.49. The van der Waals surface area contributed by atoms with E-state index in [9.17, 15) is 0 Å². The first-order valence-electron chi connectivity index (χ1n) is 3.34. The molecule has 0 heterocycles. The molecule has 66 valence electrons. The summed E-state index contributed by atoms with van der Waals surface area (Å²) in [5, 5.41) is 15.5. The summed E-state index contributed by atoms with van der Waals surface area (Å²) in [6.45, 7) is 0. The van der Waals surface area contributed by atoms with Crippen molar-refractivity contribution in [1.82, 2.24) is 0 Å². The molecule has 5 N–H and O–H groups in total. The Morgan fingerprint density at radius 2 is 2.25 bits per heavy atom. The van der Waals surface area contributed by atoms with Crippen molar-refractivity contribution in [3.63, 3.8) is 0 Å². The number of nitrogens with zero attached hydrogens (tertiary/aromatic N) is 2. The lowest BCUT2D eigenvalue weighted by molar-refractivity contribution is 0.984. The molecule has 0 aromatic rings. The predicted molar refractivity (Wildman–Crippen MR) is 50.8 cm³/mol. The van der Waals surface area contributed by atoms with Crippen molar-refractivity contribution in [2.75, 3.05) is 5.75 Å². The highest BCUT2D eigenvalue weighted by molar-refractivity contribution is 8.13. The number of nitrogens with two attached hydrogens (primary N) is 2. The lowest BCUT2D eigenvalue weighted by Gasteiger charge is -1.95. The van der Waals surface area contributed by atoms with Crippen molar-refractivity contribution in [2.45, 2.75) is 12.8 Å². The molecule has 0 aliphatic heterocycles. The molecule has 12 heavy (non-hydrogen) atoms. The van der Waals surface area contributed by atoms with Gasteiger partial charge < -0.3 is 11.5 Å². The topological polar surface area (TPSA) is 112 Å². The second-order valence-electron chi connectivity index (χ2n) is 1.95. The molecular weight excluding hydrogens is 174 g/mol. The van der Waals surface area contributed by atoms with Gasteiger partial charge in [0.2, 0.25) is 0 Å². The van der Waals surface area contributed by atoms with Crippen LogP contribution >= 0.6 is 11.8 Å². The molecule has 0 amide bonds. The maximum atomic E-state index is 8.20. The van der Waals surface area contributed by atoms with E-state index in [1.807, 2.05) is 6.07 Å². The minimum Gasteiger partial charge on any atom is -0.370 e. The Kier molecular flexibility index (Phi) is 5.83. The lowest BCUT2D eigenvalue weighted by atomic mass is 10.4. The number of nitrogens with one attached hydrogen (secondary N) is 1. The van der Waals surface area contributed by atoms with E-state index in [0.717, 1.165) is 6.42 Å². The minimum atomic E-state index is -0.104. The van der Waals surface area contributed by atoms with E-state index >= 15 is 0 Å². The van der Waals surface area contributed by atoms with Gasteiger partial charge in [-0.3, -0.25) is 5.41 Å². The summed E-state index contributed by atoms with van der Waals surface area (Å²) in [4.78, 5) is 3.51. The van der Waals surface area contributed by atoms with Crippen LogP contribution in [0.1, 0.15) is 12.8 Å². The van der Waals surface area contributed by atoms with Crippen LogP contribution in [-0.2, 0) is 0 Å². The average Bonchev–Trinajstić information content (AvgIpc) is 1.97. The number of unbranched alkanes of at least 4 members (excludes halogenated alkanes) is 1. The molecule has 0 radical (unpaired) electrons. The fourth-order valence-corrected chi connectivity index (χ4v) is 1.12. The van der Waals surface area contributed by atoms with Crippen LogP contribution in [0.5, 0.6) is 0 Å². The highest BCUT2D eigenvalue weighted by Crippen LogP contribution is 2.06. The summed E-state index contributed by atoms with van der Waals surface area (Å²) >= 11 is 1.23. The predicted octanol–water partition coefficient (Wildman–Crippen LogP) is 0.232. The lowest BCUT2D eigenvalue weighted by Crippen LogP contribution is -2.23. The van der Waals surface area contributed by atoms with E-state index in [-0.39, 0.29) is 11.1 Å². The number of hydrogen-bond acceptors (Lipinski definition) is 3. The quantitative estimate of drug-likeness (QED) is 0.332. The van der Waals surface area contributed by atoms with E-state index < -0.39 is 0 Å². The molecule has 0 bridgehead atoms. The SMILES string of the molecule is N#CCCCSC(=N)N=C(N)N. The van der Waals surface area contributed by atoms with Gasteiger partial charge in [0.05, 0.1) is 6.07 Å². The number of amidine groups is 1. The van der Waals surface area contributed by atoms with Gasteiger partial charge in [-0.2, -0.15) is 10.3 Å². The summed E-state index contributed by atoms with van der Waals surface area (Å²) < 4.78 is 0. The Morgan fingerprint density at radius 1 is 1.58 bits per heavy atom. The number of rotatable bonds is 3. The van der Waals surface area contributed by atoms with Crippen molar-refractivity contribution in [3.05, 3.63) is 0 Å². The molecule has 0 atom stereocenters. The van der Waals surface area contributed by atoms with Crippen molar-refractivity contribution < 1.29 is 0 Å². The largest absolute Gasteiger partial charge is 0.370 e. The number of guanidine groups is 1. The van der Waals surface area contributed by atoms with E-state index in [0.29, 0.717) is 12.2 Å². The van der Waals surface area contributed by atoms with Gasteiger partial charge in [-0.25, -0.2) is 0 Å². The number of thioether (sulfide) groups is 1. The zero-order valence-corrected chi connectivity index (χ0v) is 7.40. The monoisotopic (exact) mass is 185 g/mol. The zero-order valence-electron chi connectivity index (χ0n) is 6.58. The van der Waals surface area contributed by atoms with Crippen LogP contribution in [0.25, 0.3) is 0 Å². The van der Waals surface area contributed by atoms with Gasteiger partial charge in [0.15, 0.2) is 11.1 Å². The number of hydrogen-bond donors (Lipinski definition) is 3. The zero-order chi connectivity index (χ0) is 9.40. The fraction of sp³-hybridized carbons (Fsp3) is 0.500. The van der Waals surface area contributed by atoms with Crippen molar-refractivity contribution in [1.29, 1.82) is 10.7 Å². The molecule has 0 unspecified atom stereocenters. The molecule has 0 fully saturated rings. The molecule has 0 aliphatic rings. The van der Waals surface area contributed by atoms with Crippen LogP contribution in [-0.4, -0.2) is 16.9 Å². The van der Waals surface area contributed by atoms with Crippen LogP contribution in [0.4, 0.5) is 0 Å². The van der Waals surface area contributed by atoms with Gasteiger partial charge in [-0.15, -0.1) is 0 Å². The first-order chi connectivity index (χ1) is 5.66. The number of nitriles is 1. The molecule has 6 heteroatoms. The summed E-state index contributed by atoms with van der Waals surface area (Å²) in [5.41, 5.74) is 10.1. The van der Waals surface area contributed by atoms with E-state index in [1.165, 1.54) is 11.8 Å². The third-order valence-electron chi connectivity index (χ3n) is 0.902. The van der Waals surface area contributed by atoms with Gasteiger partial charge >= 0.3 is 0 Å². The Hall–Kier alpha value is -1.22. The fourth-order valence-electron chi connectivity index (χ4n) is 0.470. The van der Waals surface area contributed by atoms with E-state index in [1.54, 1.807) is 0 Å². The van der Waals surface area contributed by atoms with Crippen LogP contribution in [0.3, 0.4) is 0 Å². The summed E-state index contributed by atoms with van der Waals surface area (Å²) in [6, 6.07) is 2.01. The summed E-state index contributed by atoms with van der Waals surface area (Å²) in [5.74, 6) is 0.594. The second-order valence-corrected chi connectivity index (χ2v) is 3.04. The van der Waals surface area contributed by atoms with Crippen LogP contribution in [0.2, 0.25) is 0 Å². The third kappa shape index (κ3) is 6.89. The summed E-state index contributed by atoms with van der Waals surface area (Å²) in [7, 11) is 0. The molecule has 0 aromatic heterocycles. The van der Waals surface area contributed by atoms with Crippen LogP contribution in [0, 0.1) is 16.7 Å². The van der Waals surface area contributed by atoms with Crippen LogP contribution < -0.4 is 11.5 Å². The van der Waals surface area contributed by atoms with Gasteiger partial charge in [-0.1, -0.05) is 11.8 Å². The molecular formula is C6H11N5S. The molecule has 5 nitrogen and oxygen atoms in total. The van der Waals surface area contributed by atoms with Gasteiger partial charge in [0.1, 0.15) is 0 Å². The maximum absolute atomic E-state index is 8.20. The van der Waals surface area contributed by atoms with Gasteiger partial charge in [0.25, 0.3) is 0 Å². The number of aliphatic imine (C=N–C) groups is 1. The molecule has 0 spiro atoms.